The van der Waals surface area contributed by atoms with Crippen molar-refractivity contribution in [1.29, 1.82) is 0 Å². The van der Waals surface area contributed by atoms with Gasteiger partial charge in [-0.2, -0.15) is 0 Å². The van der Waals surface area contributed by atoms with E-state index < -0.39 is 21.8 Å². The second kappa shape index (κ2) is 10.1. The molecule has 29 heavy (non-hydrogen) atoms. The van der Waals surface area contributed by atoms with Crippen molar-refractivity contribution in [2.45, 2.75) is 16.9 Å². The van der Waals surface area contributed by atoms with Gasteiger partial charge >= 0.3 is 5.97 Å². The lowest BCUT2D eigenvalue weighted by Gasteiger charge is -2.28. The van der Waals surface area contributed by atoms with Gasteiger partial charge in [0, 0.05) is 5.56 Å². The van der Waals surface area contributed by atoms with Crippen LogP contribution in [0.5, 0.6) is 0 Å². The van der Waals surface area contributed by atoms with E-state index in [1.807, 2.05) is 6.92 Å². The van der Waals surface area contributed by atoms with Gasteiger partial charge in [0.05, 0.1) is 18.4 Å². The van der Waals surface area contributed by atoms with E-state index in [0.29, 0.717) is 11.3 Å². The number of methoxy groups -OCH3 is 1. The zero-order chi connectivity index (χ0) is 21.6. The van der Waals surface area contributed by atoms with Crippen LogP contribution in [-0.4, -0.2) is 34.1 Å². The fourth-order valence-electron chi connectivity index (χ4n) is 2.29. The van der Waals surface area contributed by atoms with E-state index in [-0.39, 0.29) is 10.7 Å². The molecule has 0 bridgehead atoms. The van der Waals surface area contributed by atoms with E-state index in [2.05, 4.69) is 16.0 Å². The normalized spacial score (nSPS) is 11.9. The highest BCUT2D eigenvalue weighted by atomic mass is 35.6. The molecule has 0 heterocycles. The van der Waals surface area contributed by atoms with Crippen molar-refractivity contribution < 1.29 is 14.3 Å². The van der Waals surface area contributed by atoms with Crippen LogP contribution in [0.3, 0.4) is 0 Å². The number of alkyl halides is 3. The fraction of sp³-hybridized carbons (Fsp3) is 0.211. The summed E-state index contributed by atoms with van der Waals surface area (Å²) in [5.41, 5.74) is 2.07. The molecular formula is C19H18Cl3N3O3S. The number of carbonyl (C=O) groups is 2. The number of halogens is 3. The van der Waals surface area contributed by atoms with Crippen LogP contribution in [0.15, 0.2) is 48.5 Å². The first-order chi connectivity index (χ1) is 13.6. The fourth-order valence-corrected chi connectivity index (χ4v) is 2.84. The van der Waals surface area contributed by atoms with Crippen molar-refractivity contribution in [3.8, 4) is 0 Å². The van der Waals surface area contributed by atoms with Crippen LogP contribution in [0.25, 0.3) is 0 Å². The van der Waals surface area contributed by atoms with Crippen LogP contribution in [0.4, 0.5) is 5.69 Å². The van der Waals surface area contributed by atoms with E-state index in [4.69, 9.17) is 51.8 Å². The van der Waals surface area contributed by atoms with Crippen LogP contribution >= 0.6 is 47.0 Å². The van der Waals surface area contributed by atoms with Crippen molar-refractivity contribution in [2.24, 2.45) is 0 Å². The molecule has 0 aliphatic heterocycles. The number of amides is 1. The third-order valence-corrected chi connectivity index (χ3v) is 4.65. The molecule has 2 aromatic rings. The van der Waals surface area contributed by atoms with Gasteiger partial charge in [-0.3, -0.25) is 4.79 Å². The summed E-state index contributed by atoms with van der Waals surface area (Å²) in [6.45, 7) is 1.91. The van der Waals surface area contributed by atoms with Crippen LogP contribution in [-0.2, 0) is 4.74 Å². The Bertz CT molecular complexity index is 902. The van der Waals surface area contributed by atoms with Gasteiger partial charge in [-0.1, -0.05) is 64.6 Å². The van der Waals surface area contributed by atoms with E-state index in [9.17, 15) is 9.59 Å². The van der Waals surface area contributed by atoms with Crippen molar-refractivity contribution in [2.75, 3.05) is 12.4 Å². The summed E-state index contributed by atoms with van der Waals surface area (Å²) in [5, 5.41) is 8.21. The molecule has 0 aliphatic rings. The van der Waals surface area contributed by atoms with Crippen LogP contribution in [0.1, 0.15) is 26.3 Å². The first-order valence-corrected chi connectivity index (χ1v) is 9.85. The second-order valence-electron chi connectivity index (χ2n) is 5.95. The molecule has 10 heteroatoms. The highest BCUT2D eigenvalue weighted by Crippen LogP contribution is 2.29. The number of para-hydroxylation sites is 1. The van der Waals surface area contributed by atoms with Gasteiger partial charge in [0.1, 0.15) is 6.17 Å². The molecule has 1 atom stereocenters. The van der Waals surface area contributed by atoms with Crippen LogP contribution in [0.2, 0.25) is 0 Å². The van der Waals surface area contributed by atoms with E-state index in [0.717, 1.165) is 5.56 Å². The van der Waals surface area contributed by atoms with Crippen LogP contribution in [0, 0.1) is 6.92 Å². The number of thiocarbonyl (C=S) groups is 1. The Morgan fingerprint density at radius 1 is 1.03 bits per heavy atom. The summed E-state index contributed by atoms with van der Waals surface area (Å²) >= 11 is 23.2. The molecule has 0 radical (unpaired) electrons. The van der Waals surface area contributed by atoms with E-state index >= 15 is 0 Å². The summed E-state index contributed by atoms with van der Waals surface area (Å²) in [7, 11) is 1.27. The summed E-state index contributed by atoms with van der Waals surface area (Å²) in [6.07, 6.45) is -1.15. The van der Waals surface area contributed by atoms with Crippen molar-refractivity contribution in [1.82, 2.24) is 10.6 Å². The number of benzene rings is 2. The Balaban J connectivity index is 2.13. The molecule has 0 aliphatic carbocycles. The smallest absolute Gasteiger partial charge is 0.339 e. The summed E-state index contributed by atoms with van der Waals surface area (Å²) < 4.78 is 2.83. The molecule has 0 unspecified atom stereocenters. The second-order valence-corrected chi connectivity index (χ2v) is 8.73. The number of hydrogen-bond donors (Lipinski definition) is 3. The molecule has 0 fully saturated rings. The summed E-state index contributed by atoms with van der Waals surface area (Å²) in [6, 6.07) is 13.5. The minimum absolute atomic E-state index is 0.0295. The van der Waals surface area contributed by atoms with E-state index in [1.54, 1.807) is 48.5 Å². The zero-order valence-corrected chi connectivity index (χ0v) is 18.5. The number of carbonyl (C=O) groups excluding carboxylic acids is 2. The molecule has 1 amide bonds. The molecule has 0 spiro atoms. The third-order valence-electron chi connectivity index (χ3n) is 3.77. The molecular weight excluding hydrogens is 457 g/mol. The molecule has 3 N–H and O–H groups in total. The van der Waals surface area contributed by atoms with Crippen molar-refractivity contribution >= 4 is 69.7 Å². The minimum atomic E-state index is -1.91. The molecule has 6 nitrogen and oxygen atoms in total. The van der Waals surface area contributed by atoms with Gasteiger partial charge in [-0.15, -0.1) is 0 Å². The Morgan fingerprint density at radius 3 is 2.24 bits per heavy atom. The predicted molar refractivity (Wildman–Crippen MR) is 120 cm³/mol. The number of aryl methyl sites for hydroxylation is 1. The number of hydrogen-bond acceptors (Lipinski definition) is 4. The molecule has 0 saturated carbocycles. The Morgan fingerprint density at radius 2 is 1.66 bits per heavy atom. The monoisotopic (exact) mass is 473 g/mol. The van der Waals surface area contributed by atoms with Gasteiger partial charge in [-0.05, 0) is 43.4 Å². The van der Waals surface area contributed by atoms with Gasteiger partial charge in [0.2, 0.25) is 3.79 Å². The van der Waals surface area contributed by atoms with Crippen LogP contribution < -0.4 is 16.0 Å². The van der Waals surface area contributed by atoms with Gasteiger partial charge in [0.25, 0.3) is 5.91 Å². The quantitative estimate of drug-likeness (QED) is 0.261. The average molecular weight is 475 g/mol. The number of rotatable bonds is 5. The molecule has 154 valence electrons. The highest BCUT2D eigenvalue weighted by Gasteiger charge is 2.35. The lowest BCUT2D eigenvalue weighted by molar-refractivity contribution is 0.0601. The molecule has 0 saturated heterocycles. The maximum absolute atomic E-state index is 12.5. The third kappa shape index (κ3) is 6.75. The summed E-state index contributed by atoms with van der Waals surface area (Å²) in [4.78, 5) is 24.4. The number of ether oxygens (including phenoxy) is 1. The standard InChI is InChI=1S/C19H18Cl3N3O3S/c1-11-7-9-12(10-8-11)15(26)24-17(19(20,21)22)25-18(29)23-14-6-4-3-5-13(14)16(27)28-2/h3-10,17H,1-2H3,(H,24,26)(H2,23,25,29)/t17-/m0/s1. The molecule has 0 aromatic heterocycles. The van der Waals surface area contributed by atoms with Crippen molar-refractivity contribution in [3.63, 3.8) is 0 Å². The number of esters is 1. The molecule has 2 aromatic carbocycles. The SMILES string of the molecule is COC(=O)c1ccccc1NC(=S)N[C@H](NC(=O)c1ccc(C)cc1)C(Cl)(Cl)Cl. The Labute approximate surface area is 188 Å². The number of anilines is 1. The Kier molecular flexibility index (Phi) is 8.10. The first-order valence-electron chi connectivity index (χ1n) is 8.31. The average Bonchev–Trinajstić information content (AvgIpc) is 2.67. The molecule has 2 rings (SSSR count). The van der Waals surface area contributed by atoms with E-state index in [1.165, 1.54) is 7.11 Å². The maximum atomic E-state index is 12.5. The predicted octanol–water partition coefficient (Wildman–Crippen LogP) is 4.19. The van der Waals surface area contributed by atoms with Crippen molar-refractivity contribution in [3.05, 3.63) is 65.2 Å². The minimum Gasteiger partial charge on any atom is -0.465 e. The lowest BCUT2D eigenvalue weighted by Crippen LogP contribution is -2.56. The largest absolute Gasteiger partial charge is 0.465 e. The maximum Gasteiger partial charge on any atom is 0.339 e. The van der Waals surface area contributed by atoms with Gasteiger partial charge < -0.3 is 20.7 Å². The number of nitrogens with one attached hydrogen (secondary N) is 3. The first kappa shape index (κ1) is 23.2. The Hall–Kier alpha value is -2.06. The van der Waals surface area contributed by atoms with Gasteiger partial charge in [-0.25, -0.2) is 4.79 Å². The zero-order valence-electron chi connectivity index (χ0n) is 15.5. The summed E-state index contributed by atoms with van der Waals surface area (Å²) in [5.74, 6) is -0.993. The van der Waals surface area contributed by atoms with Gasteiger partial charge in [0.15, 0.2) is 5.11 Å². The topological polar surface area (TPSA) is 79.5 Å². The lowest BCUT2D eigenvalue weighted by atomic mass is 10.1. The highest BCUT2D eigenvalue weighted by molar-refractivity contribution is 7.80.